The zero-order valence-corrected chi connectivity index (χ0v) is 17.6. The standard InChI is InChI=1S/C22H38N4O/c1-5-23-22(25-21-12-15-26(16-13-21)18(2)3)24-14-9-17-27-19(4)20-10-7-6-8-11-20/h6-8,10-11,18-19,21H,5,9,12-17H2,1-4H3,(H2,23,24,25). The molecule has 1 saturated heterocycles. The Morgan fingerprint density at radius 3 is 2.52 bits per heavy atom. The normalized spacial score (nSPS) is 17.9. The summed E-state index contributed by atoms with van der Waals surface area (Å²) in [5, 5.41) is 6.99. The summed E-state index contributed by atoms with van der Waals surface area (Å²) < 4.78 is 5.94. The number of hydrogen-bond acceptors (Lipinski definition) is 3. The largest absolute Gasteiger partial charge is 0.374 e. The van der Waals surface area contributed by atoms with Crippen molar-refractivity contribution >= 4 is 5.96 Å². The number of piperidine rings is 1. The summed E-state index contributed by atoms with van der Waals surface area (Å²) in [7, 11) is 0. The zero-order chi connectivity index (χ0) is 19.5. The maximum Gasteiger partial charge on any atom is 0.191 e. The molecule has 1 fully saturated rings. The number of aliphatic imine (C=N–C) groups is 1. The number of likely N-dealkylation sites (tertiary alicyclic amines) is 1. The summed E-state index contributed by atoms with van der Waals surface area (Å²) in [6, 6.07) is 11.5. The van der Waals surface area contributed by atoms with Crippen molar-refractivity contribution < 1.29 is 4.74 Å². The summed E-state index contributed by atoms with van der Waals surface area (Å²) in [6.07, 6.45) is 3.42. The van der Waals surface area contributed by atoms with Gasteiger partial charge in [0, 0.05) is 44.9 Å². The molecule has 1 aromatic rings. The fourth-order valence-corrected chi connectivity index (χ4v) is 3.41. The Labute approximate surface area is 165 Å². The van der Waals surface area contributed by atoms with Crippen molar-refractivity contribution in [3.05, 3.63) is 35.9 Å². The van der Waals surface area contributed by atoms with Gasteiger partial charge in [-0.1, -0.05) is 30.3 Å². The minimum atomic E-state index is 0.132. The predicted molar refractivity (Wildman–Crippen MR) is 114 cm³/mol. The van der Waals surface area contributed by atoms with Gasteiger partial charge in [0.2, 0.25) is 0 Å². The van der Waals surface area contributed by atoms with Crippen LogP contribution in [0.15, 0.2) is 35.3 Å². The molecule has 0 spiro atoms. The second-order valence-corrected chi connectivity index (χ2v) is 7.59. The molecule has 1 heterocycles. The Bertz CT molecular complexity index is 539. The SMILES string of the molecule is CCNC(=NCCCOC(C)c1ccccc1)NC1CCN(C(C)C)CC1. The van der Waals surface area contributed by atoms with E-state index in [1.807, 2.05) is 6.07 Å². The number of benzene rings is 1. The molecule has 152 valence electrons. The highest BCUT2D eigenvalue weighted by atomic mass is 16.5. The topological polar surface area (TPSA) is 48.9 Å². The van der Waals surface area contributed by atoms with Gasteiger partial charge in [-0.2, -0.15) is 0 Å². The Morgan fingerprint density at radius 2 is 1.89 bits per heavy atom. The van der Waals surface area contributed by atoms with Gasteiger partial charge in [-0.3, -0.25) is 4.99 Å². The van der Waals surface area contributed by atoms with Crippen LogP contribution in [0.5, 0.6) is 0 Å². The lowest BCUT2D eigenvalue weighted by Gasteiger charge is -2.35. The van der Waals surface area contributed by atoms with E-state index < -0.39 is 0 Å². The zero-order valence-electron chi connectivity index (χ0n) is 17.6. The van der Waals surface area contributed by atoms with E-state index in [0.29, 0.717) is 12.1 Å². The number of guanidine groups is 1. The highest BCUT2D eigenvalue weighted by Gasteiger charge is 2.21. The molecule has 5 heteroatoms. The summed E-state index contributed by atoms with van der Waals surface area (Å²) in [5.41, 5.74) is 1.23. The highest BCUT2D eigenvalue weighted by Crippen LogP contribution is 2.16. The van der Waals surface area contributed by atoms with E-state index in [0.717, 1.165) is 32.1 Å². The van der Waals surface area contributed by atoms with E-state index in [1.165, 1.54) is 31.5 Å². The van der Waals surface area contributed by atoms with Gasteiger partial charge in [-0.25, -0.2) is 0 Å². The van der Waals surface area contributed by atoms with Crippen molar-refractivity contribution in [1.29, 1.82) is 0 Å². The van der Waals surface area contributed by atoms with Crippen LogP contribution in [0.4, 0.5) is 0 Å². The second kappa shape index (κ2) is 12.0. The molecule has 1 atom stereocenters. The lowest BCUT2D eigenvalue weighted by atomic mass is 10.0. The molecule has 1 aliphatic rings. The van der Waals surface area contributed by atoms with Crippen molar-refractivity contribution in [3.63, 3.8) is 0 Å². The van der Waals surface area contributed by atoms with Crippen LogP contribution in [0.1, 0.15) is 58.6 Å². The minimum Gasteiger partial charge on any atom is -0.374 e. The van der Waals surface area contributed by atoms with E-state index in [4.69, 9.17) is 9.73 Å². The molecule has 0 aromatic heterocycles. The molecule has 2 rings (SSSR count). The van der Waals surface area contributed by atoms with Crippen molar-refractivity contribution in [2.75, 3.05) is 32.8 Å². The molecule has 0 saturated carbocycles. The molecule has 1 unspecified atom stereocenters. The summed E-state index contributed by atoms with van der Waals surface area (Å²) in [5.74, 6) is 0.941. The number of ether oxygens (including phenoxy) is 1. The van der Waals surface area contributed by atoms with Gasteiger partial charge in [-0.05, 0) is 52.5 Å². The van der Waals surface area contributed by atoms with Crippen LogP contribution in [0, 0.1) is 0 Å². The van der Waals surface area contributed by atoms with Crippen LogP contribution in [0.3, 0.4) is 0 Å². The van der Waals surface area contributed by atoms with E-state index in [1.54, 1.807) is 0 Å². The smallest absolute Gasteiger partial charge is 0.191 e. The third kappa shape index (κ3) is 7.89. The number of hydrogen-bond donors (Lipinski definition) is 2. The van der Waals surface area contributed by atoms with Crippen LogP contribution in [0.25, 0.3) is 0 Å². The number of rotatable bonds is 9. The van der Waals surface area contributed by atoms with Crippen molar-refractivity contribution in [2.24, 2.45) is 4.99 Å². The minimum absolute atomic E-state index is 0.132. The molecule has 1 aliphatic heterocycles. The van der Waals surface area contributed by atoms with Crippen LogP contribution < -0.4 is 10.6 Å². The number of nitrogens with one attached hydrogen (secondary N) is 2. The maximum atomic E-state index is 5.94. The summed E-state index contributed by atoms with van der Waals surface area (Å²) in [6.45, 7) is 13.5. The first kappa shape index (κ1) is 21.7. The average Bonchev–Trinajstić information content (AvgIpc) is 2.68. The number of nitrogens with zero attached hydrogens (tertiary/aromatic N) is 2. The lowest BCUT2D eigenvalue weighted by molar-refractivity contribution is 0.0652. The van der Waals surface area contributed by atoms with Crippen LogP contribution >= 0.6 is 0 Å². The molecular weight excluding hydrogens is 336 g/mol. The lowest BCUT2D eigenvalue weighted by Crippen LogP contribution is -2.49. The third-order valence-electron chi connectivity index (χ3n) is 5.15. The van der Waals surface area contributed by atoms with Crippen LogP contribution in [-0.4, -0.2) is 55.7 Å². The molecule has 0 bridgehead atoms. The summed E-state index contributed by atoms with van der Waals surface area (Å²) in [4.78, 5) is 7.28. The van der Waals surface area contributed by atoms with E-state index in [9.17, 15) is 0 Å². The monoisotopic (exact) mass is 374 g/mol. The Hall–Kier alpha value is -1.59. The molecule has 0 amide bonds. The van der Waals surface area contributed by atoms with Gasteiger partial charge in [0.15, 0.2) is 5.96 Å². The van der Waals surface area contributed by atoms with Crippen molar-refractivity contribution in [3.8, 4) is 0 Å². The molecule has 5 nitrogen and oxygen atoms in total. The van der Waals surface area contributed by atoms with Gasteiger partial charge in [0.05, 0.1) is 6.10 Å². The molecule has 2 N–H and O–H groups in total. The van der Waals surface area contributed by atoms with Crippen molar-refractivity contribution in [2.45, 2.75) is 65.1 Å². The maximum absolute atomic E-state index is 5.94. The van der Waals surface area contributed by atoms with E-state index in [2.05, 4.69) is 67.5 Å². The van der Waals surface area contributed by atoms with Crippen LogP contribution in [-0.2, 0) is 4.74 Å². The van der Waals surface area contributed by atoms with E-state index in [-0.39, 0.29) is 6.10 Å². The molecule has 1 aromatic carbocycles. The molecular formula is C22H38N4O. The quantitative estimate of drug-likeness (QED) is 0.394. The highest BCUT2D eigenvalue weighted by molar-refractivity contribution is 5.80. The fourth-order valence-electron chi connectivity index (χ4n) is 3.41. The van der Waals surface area contributed by atoms with Gasteiger partial charge in [0.1, 0.15) is 0 Å². The van der Waals surface area contributed by atoms with Gasteiger partial charge in [0.25, 0.3) is 0 Å². The Morgan fingerprint density at radius 1 is 1.19 bits per heavy atom. The molecule has 0 aliphatic carbocycles. The van der Waals surface area contributed by atoms with Crippen molar-refractivity contribution in [1.82, 2.24) is 15.5 Å². The Balaban J connectivity index is 1.69. The van der Waals surface area contributed by atoms with Gasteiger partial charge >= 0.3 is 0 Å². The molecule has 0 radical (unpaired) electrons. The Kier molecular flexibility index (Phi) is 9.64. The van der Waals surface area contributed by atoms with Gasteiger partial charge in [-0.15, -0.1) is 0 Å². The fraction of sp³-hybridized carbons (Fsp3) is 0.682. The summed E-state index contributed by atoms with van der Waals surface area (Å²) >= 11 is 0. The predicted octanol–water partition coefficient (Wildman–Crippen LogP) is 3.58. The van der Waals surface area contributed by atoms with Gasteiger partial charge < -0.3 is 20.3 Å². The van der Waals surface area contributed by atoms with E-state index >= 15 is 0 Å². The van der Waals surface area contributed by atoms with Crippen LogP contribution in [0.2, 0.25) is 0 Å². The third-order valence-corrected chi connectivity index (χ3v) is 5.15. The molecule has 27 heavy (non-hydrogen) atoms. The average molecular weight is 375 g/mol. The first-order chi connectivity index (χ1) is 13.1. The first-order valence-electron chi connectivity index (χ1n) is 10.6. The second-order valence-electron chi connectivity index (χ2n) is 7.59. The first-order valence-corrected chi connectivity index (χ1v) is 10.6.